The van der Waals surface area contributed by atoms with Crippen molar-refractivity contribution in [1.29, 1.82) is 0 Å². The molecule has 0 spiro atoms. The van der Waals surface area contributed by atoms with Crippen molar-refractivity contribution in [2.24, 2.45) is 5.73 Å². The SMILES string of the molecule is Cc1ccc(CC(N)c2cncs2)c(Cl)c1. The molecule has 0 saturated heterocycles. The predicted molar refractivity (Wildman–Crippen MR) is 68.9 cm³/mol. The van der Waals surface area contributed by atoms with E-state index in [-0.39, 0.29) is 6.04 Å². The molecule has 2 aromatic rings. The maximum absolute atomic E-state index is 6.17. The lowest BCUT2D eigenvalue weighted by Crippen LogP contribution is -2.12. The molecule has 1 unspecified atom stereocenters. The number of thiazole rings is 1. The van der Waals surface area contributed by atoms with Crippen molar-refractivity contribution in [3.63, 3.8) is 0 Å². The highest BCUT2D eigenvalue weighted by Gasteiger charge is 2.10. The van der Waals surface area contributed by atoms with Crippen molar-refractivity contribution in [3.05, 3.63) is 50.9 Å². The van der Waals surface area contributed by atoms with Gasteiger partial charge in [-0.2, -0.15) is 0 Å². The summed E-state index contributed by atoms with van der Waals surface area (Å²) in [5.74, 6) is 0. The molecule has 1 aromatic carbocycles. The van der Waals surface area contributed by atoms with E-state index < -0.39 is 0 Å². The number of nitrogens with zero attached hydrogens (tertiary/aromatic N) is 1. The molecule has 1 heterocycles. The molecule has 0 fully saturated rings. The summed E-state index contributed by atoms with van der Waals surface area (Å²) in [6, 6.07) is 6.04. The van der Waals surface area contributed by atoms with E-state index in [1.807, 2.05) is 25.3 Å². The number of hydrogen-bond acceptors (Lipinski definition) is 3. The lowest BCUT2D eigenvalue weighted by Gasteiger charge is -2.10. The van der Waals surface area contributed by atoms with Crippen LogP contribution in [-0.4, -0.2) is 4.98 Å². The lowest BCUT2D eigenvalue weighted by molar-refractivity contribution is 0.734. The molecule has 0 aliphatic heterocycles. The first kappa shape index (κ1) is 11.6. The van der Waals surface area contributed by atoms with Gasteiger partial charge in [-0.25, -0.2) is 0 Å². The van der Waals surface area contributed by atoms with E-state index in [4.69, 9.17) is 17.3 Å². The standard InChI is InChI=1S/C12H13ClN2S/c1-8-2-3-9(10(13)4-8)5-11(14)12-6-15-7-16-12/h2-4,6-7,11H,5,14H2,1H3. The van der Waals surface area contributed by atoms with Crippen LogP contribution in [0.15, 0.2) is 29.9 Å². The van der Waals surface area contributed by atoms with Gasteiger partial charge in [0.2, 0.25) is 0 Å². The molecule has 1 aromatic heterocycles. The Balaban J connectivity index is 2.15. The number of halogens is 1. The quantitative estimate of drug-likeness (QED) is 0.910. The van der Waals surface area contributed by atoms with Crippen LogP contribution in [0.5, 0.6) is 0 Å². The van der Waals surface area contributed by atoms with E-state index >= 15 is 0 Å². The van der Waals surface area contributed by atoms with Gasteiger partial charge >= 0.3 is 0 Å². The third-order valence-corrected chi connectivity index (χ3v) is 3.72. The second-order valence-electron chi connectivity index (χ2n) is 3.81. The molecule has 16 heavy (non-hydrogen) atoms. The van der Waals surface area contributed by atoms with Crippen LogP contribution in [0.3, 0.4) is 0 Å². The minimum absolute atomic E-state index is 0.0206. The highest BCUT2D eigenvalue weighted by Crippen LogP contribution is 2.24. The van der Waals surface area contributed by atoms with Gasteiger partial charge in [0.15, 0.2) is 0 Å². The van der Waals surface area contributed by atoms with Crippen molar-refractivity contribution in [1.82, 2.24) is 4.98 Å². The fourth-order valence-electron chi connectivity index (χ4n) is 1.56. The zero-order valence-electron chi connectivity index (χ0n) is 8.98. The number of hydrogen-bond donors (Lipinski definition) is 1. The predicted octanol–water partition coefficient (Wildman–Crippen LogP) is 3.35. The first-order chi connectivity index (χ1) is 7.66. The Morgan fingerprint density at radius 3 is 2.94 bits per heavy atom. The smallest absolute Gasteiger partial charge is 0.0794 e. The summed E-state index contributed by atoms with van der Waals surface area (Å²) < 4.78 is 0. The van der Waals surface area contributed by atoms with E-state index in [0.29, 0.717) is 0 Å². The van der Waals surface area contributed by atoms with Gasteiger partial charge in [-0.05, 0) is 30.5 Å². The van der Waals surface area contributed by atoms with Crippen molar-refractivity contribution >= 4 is 22.9 Å². The van der Waals surface area contributed by atoms with Gasteiger partial charge in [0, 0.05) is 22.1 Å². The first-order valence-corrected chi connectivity index (χ1v) is 6.31. The molecule has 2 rings (SSSR count). The van der Waals surface area contributed by atoms with Crippen LogP contribution in [0.2, 0.25) is 5.02 Å². The highest BCUT2D eigenvalue weighted by molar-refractivity contribution is 7.09. The van der Waals surface area contributed by atoms with Gasteiger partial charge < -0.3 is 5.73 Å². The molecule has 0 bridgehead atoms. The van der Waals surface area contributed by atoms with Crippen molar-refractivity contribution < 1.29 is 0 Å². The topological polar surface area (TPSA) is 38.9 Å². The summed E-state index contributed by atoms with van der Waals surface area (Å²) in [6.45, 7) is 2.03. The lowest BCUT2D eigenvalue weighted by atomic mass is 10.0. The average Bonchev–Trinajstić information content (AvgIpc) is 2.75. The summed E-state index contributed by atoms with van der Waals surface area (Å²) in [5, 5.41) is 0.792. The molecule has 0 radical (unpaired) electrons. The molecule has 0 amide bonds. The number of rotatable bonds is 3. The Kier molecular flexibility index (Phi) is 3.59. The van der Waals surface area contributed by atoms with Crippen LogP contribution in [0.25, 0.3) is 0 Å². The summed E-state index contributed by atoms with van der Waals surface area (Å²) in [6.07, 6.45) is 2.57. The Bertz CT molecular complexity index is 468. The molecule has 0 saturated carbocycles. The van der Waals surface area contributed by atoms with Crippen LogP contribution in [0.1, 0.15) is 22.0 Å². The Morgan fingerprint density at radius 2 is 2.31 bits per heavy atom. The van der Waals surface area contributed by atoms with Crippen LogP contribution < -0.4 is 5.73 Å². The van der Waals surface area contributed by atoms with E-state index in [1.165, 1.54) is 5.56 Å². The third-order valence-electron chi connectivity index (χ3n) is 2.47. The molecule has 1 atom stereocenters. The summed E-state index contributed by atoms with van der Waals surface area (Å²) in [4.78, 5) is 5.12. The molecule has 0 aliphatic rings. The molecule has 2 nitrogen and oxygen atoms in total. The summed E-state index contributed by atoms with van der Waals surface area (Å²) in [5.41, 5.74) is 10.1. The number of aryl methyl sites for hydroxylation is 1. The number of nitrogens with two attached hydrogens (primary N) is 1. The Labute approximate surface area is 104 Å². The maximum Gasteiger partial charge on any atom is 0.0794 e. The van der Waals surface area contributed by atoms with Gasteiger partial charge in [0.25, 0.3) is 0 Å². The normalized spacial score (nSPS) is 12.7. The van der Waals surface area contributed by atoms with E-state index in [0.717, 1.165) is 21.9 Å². The second-order valence-corrected chi connectivity index (χ2v) is 5.13. The summed E-state index contributed by atoms with van der Waals surface area (Å²) in [7, 11) is 0. The van der Waals surface area contributed by atoms with Crippen molar-refractivity contribution in [2.75, 3.05) is 0 Å². The van der Waals surface area contributed by atoms with Gasteiger partial charge in [0.1, 0.15) is 0 Å². The van der Waals surface area contributed by atoms with Crippen molar-refractivity contribution in [3.8, 4) is 0 Å². The number of benzene rings is 1. The fourth-order valence-corrected chi connectivity index (χ4v) is 2.50. The van der Waals surface area contributed by atoms with Gasteiger partial charge in [0.05, 0.1) is 5.51 Å². The molecular formula is C12H13ClN2S. The maximum atomic E-state index is 6.17. The minimum Gasteiger partial charge on any atom is -0.323 e. The van der Waals surface area contributed by atoms with E-state index in [9.17, 15) is 0 Å². The molecule has 0 aliphatic carbocycles. The zero-order valence-corrected chi connectivity index (χ0v) is 10.6. The third kappa shape index (κ3) is 2.61. The summed E-state index contributed by atoms with van der Waals surface area (Å²) >= 11 is 7.75. The average molecular weight is 253 g/mol. The van der Waals surface area contributed by atoms with Crippen LogP contribution in [-0.2, 0) is 6.42 Å². The molecule has 4 heteroatoms. The van der Waals surface area contributed by atoms with Gasteiger partial charge in [-0.15, -0.1) is 11.3 Å². The van der Waals surface area contributed by atoms with Gasteiger partial charge in [-0.3, -0.25) is 4.98 Å². The molecule has 84 valence electrons. The minimum atomic E-state index is -0.0206. The van der Waals surface area contributed by atoms with Crippen LogP contribution >= 0.6 is 22.9 Å². The van der Waals surface area contributed by atoms with Crippen molar-refractivity contribution in [2.45, 2.75) is 19.4 Å². The largest absolute Gasteiger partial charge is 0.323 e. The fraction of sp³-hybridized carbons (Fsp3) is 0.250. The monoisotopic (exact) mass is 252 g/mol. The molecule has 2 N–H and O–H groups in total. The molecular weight excluding hydrogens is 240 g/mol. The van der Waals surface area contributed by atoms with Gasteiger partial charge in [-0.1, -0.05) is 23.7 Å². The Morgan fingerprint density at radius 1 is 1.50 bits per heavy atom. The van der Waals surface area contributed by atoms with Crippen LogP contribution in [0, 0.1) is 6.92 Å². The highest BCUT2D eigenvalue weighted by atomic mass is 35.5. The second kappa shape index (κ2) is 4.95. The van der Waals surface area contributed by atoms with E-state index in [1.54, 1.807) is 16.8 Å². The first-order valence-electron chi connectivity index (χ1n) is 5.06. The van der Waals surface area contributed by atoms with E-state index in [2.05, 4.69) is 11.1 Å². The van der Waals surface area contributed by atoms with Crippen LogP contribution in [0.4, 0.5) is 0 Å². The zero-order chi connectivity index (χ0) is 11.5. The number of aromatic nitrogens is 1. The Hall–Kier alpha value is -0.900.